The molecule has 1 aliphatic rings. The molecule has 1 N–H and O–H groups in total. The normalized spacial score (nSPS) is 15.5. The number of furan rings is 1. The molecule has 7 heteroatoms. The van der Waals surface area contributed by atoms with Crippen LogP contribution in [0.2, 0.25) is 0 Å². The van der Waals surface area contributed by atoms with Crippen molar-refractivity contribution in [2.24, 2.45) is 5.92 Å². The summed E-state index contributed by atoms with van der Waals surface area (Å²) in [4.78, 5) is 15.1. The Morgan fingerprint density at radius 1 is 1.16 bits per heavy atom. The first kappa shape index (κ1) is 21.3. The molecule has 31 heavy (non-hydrogen) atoms. The molecule has 3 aromatic rings. The van der Waals surface area contributed by atoms with E-state index in [9.17, 15) is 4.79 Å². The minimum Gasteiger partial charge on any atom is -0.472 e. The van der Waals surface area contributed by atoms with E-state index < -0.39 is 0 Å². The fourth-order valence-corrected chi connectivity index (χ4v) is 4.14. The van der Waals surface area contributed by atoms with Gasteiger partial charge in [-0.15, -0.1) is 10.2 Å². The molecule has 1 aromatic carbocycles. The van der Waals surface area contributed by atoms with Crippen molar-refractivity contribution in [2.45, 2.75) is 53.2 Å². The molecule has 1 atom stereocenters. The van der Waals surface area contributed by atoms with Gasteiger partial charge in [-0.2, -0.15) is 0 Å². The van der Waals surface area contributed by atoms with Gasteiger partial charge >= 0.3 is 0 Å². The van der Waals surface area contributed by atoms with Gasteiger partial charge in [0.2, 0.25) is 0 Å². The number of rotatable bonds is 6. The first-order chi connectivity index (χ1) is 14.9. The van der Waals surface area contributed by atoms with Crippen LogP contribution in [0.5, 0.6) is 0 Å². The number of nitrogens with zero attached hydrogens (tertiary/aromatic N) is 4. The van der Waals surface area contributed by atoms with Gasteiger partial charge in [-0.25, -0.2) is 0 Å². The van der Waals surface area contributed by atoms with E-state index in [2.05, 4.69) is 70.9 Å². The molecule has 0 saturated heterocycles. The molecule has 2 aromatic heterocycles. The maximum atomic E-state index is 12.6. The first-order valence-corrected chi connectivity index (χ1v) is 11.0. The molecule has 7 nitrogen and oxygen atoms in total. The topological polar surface area (TPSA) is 76.2 Å². The number of carbonyl (C=O) groups excluding carboxylic acids is 1. The van der Waals surface area contributed by atoms with Crippen molar-refractivity contribution in [2.75, 3.05) is 13.1 Å². The Morgan fingerprint density at radius 2 is 2.00 bits per heavy atom. The molecule has 0 aliphatic carbocycles. The fraction of sp³-hybridized carbons (Fsp3) is 0.458. The van der Waals surface area contributed by atoms with Crippen LogP contribution in [-0.2, 0) is 19.5 Å². The summed E-state index contributed by atoms with van der Waals surface area (Å²) in [6, 6.07) is 8.10. The van der Waals surface area contributed by atoms with Gasteiger partial charge in [0.25, 0.3) is 5.91 Å². The number of hydrogen-bond donors (Lipinski definition) is 1. The molecular weight excluding hydrogens is 390 g/mol. The number of amides is 1. The number of aromatic nitrogens is 3. The fourth-order valence-electron chi connectivity index (χ4n) is 4.14. The highest BCUT2D eigenvalue weighted by molar-refractivity contribution is 5.94. The van der Waals surface area contributed by atoms with E-state index >= 15 is 0 Å². The summed E-state index contributed by atoms with van der Waals surface area (Å²) in [6.07, 6.45) is 3.81. The minimum absolute atomic E-state index is 0.157. The second kappa shape index (κ2) is 9.06. The van der Waals surface area contributed by atoms with Crippen molar-refractivity contribution in [3.8, 4) is 0 Å². The standard InChI is InChI=1S/C24H31N5O2/c1-16(2)22(25-24(30)19-8-12-31-15-19)23-27-26-21-7-9-28(10-11-29(21)23)14-20-13-17(3)5-6-18(20)4/h5-6,8,12-13,15-16,22H,7,9-11,14H2,1-4H3,(H,25,30)/t22-/m0/s1. The molecule has 4 rings (SSSR count). The zero-order valence-electron chi connectivity index (χ0n) is 18.8. The lowest BCUT2D eigenvalue weighted by atomic mass is 10.0. The number of carbonyl (C=O) groups is 1. The summed E-state index contributed by atoms with van der Waals surface area (Å²) in [5.41, 5.74) is 4.52. The average Bonchev–Trinajstić information content (AvgIpc) is 3.37. The number of fused-ring (bicyclic) bond motifs is 1. The van der Waals surface area contributed by atoms with Crippen molar-refractivity contribution in [1.29, 1.82) is 0 Å². The Balaban J connectivity index is 1.50. The van der Waals surface area contributed by atoms with Gasteiger partial charge in [0.15, 0.2) is 5.82 Å². The van der Waals surface area contributed by atoms with E-state index in [1.165, 1.54) is 29.2 Å². The molecule has 164 valence electrons. The Hall–Kier alpha value is -2.93. The third kappa shape index (κ3) is 4.71. The second-order valence-corrected chi connectivity index (χ2v) is 8.79. The van der Waals surface area contributed by atoms with E-state index in [-0.39, 0.29) is 17.9 Å². The van der Waals surface area contributed by atoms with Crippen LogP contribution in [0.3, 0.4) is 0 Å². The van der Waals surface area contributed by atoms with Crippen molar-refractivity contribution >= 4 is 5.91 Å². The van der Waals surface area contributed by atoms with Gasteiger partial charge in [-0.3, -0.25) is 9.69 Å². The monoisotopic (exact) mass is 421 g/mol. The second-order valence-electron chi connectivity index (χ2n) is 8.79. The molecule has 0 radical (unpaired) electrons. The molecular formula is C24H31N5O2. The van der Waals surface area contributed by atoms with Crippen molar-refractivity contribution < 1.29 is 9.21 Å². The Kier molecular flexibility index (Phi) is 6.23. The molecule has 1 aliphatic heterocycles. The van der Waals surface area contributed by atoms with Gasteiger partial charge in [0, 0.05) is 32.6 Å². The smallest absolute Gasteiger partial charge is 0.255 e. The zero-order chi connectivity index (χ0) is 22.0. The first-order valence-electron chi connectivity index (χ1n) is 11.0. The van der Waals surface area contributed by atoms with Crippen LogP contribution in [0.25, 0.3) is 0 Å². The Morgan fingerprint density at radius 3 is 2.74 bits per heavy atom. The molecule has 3 heterocycles. The third-order valence-electron chi connectivity index (χ3n) is 6.06. The van der Waals surface area contributed by atoms with Gasteiger partial charge in [-0.1, -0.05) is 37.6 Å². The summed E-state index contributed by atoms with van der Waals surface area (Å²) in [5.74, 6) is 1.84. The van der Waals surface area contributed by atoms with E-state index in [0.29, 0.717) is 5.56 Å². The van der Waals surface area contributed by atoms with Crippen LogP contribution in [0.4, 0.5) is 0 Å². The van der Waals surface area contributed by atoms with Crippen molar-refractivity contribution in [3.05, 3.63) is 70.7 Å². The predicted octanol–water partition coefficient (Wildman–Crippen LogP) is 3.67. The van der Waals surface area contributed by atoms with Gasteiger partial charge in [-0.05, 0) is 37.0 Å². The quantitative estimate of drug-likeness (QED) is 0.657. The summed E-state index contributed by atoms with van der Waals surface area (Å²) in [6.45, 7) is 12.1. The highest BCUT2D eigenvalue weighted by atomic mass is 16.3. The van der Waals surface area contributed by atoms with Crippen LogP contribution in [0.1, 0.15) is 58.6 Å². The number of aryl methyl sites for hydroxylation is 2. The Bertz CT molecular complexity index is 1040. The van der Waals surface area contributed by atoms with Crippen LogP contribution < -0.4 is 5.32 Å². The summed E-state index contributed by atoms with van der Waals surface area (Å²) >= 11 is 0. The molecule has 0 bridgehead atoms. The van der Waals surface area contributed by atoms with Gasteiger partial charge < -0.3 is 14.3 Å². The van der Waals surface area contributed by atoms with Crippen LogP contribution in [0.15, 0.2) is 41.2 Å². The number of hydrogen-bond acceptors (Lipinski definition) is 5. The lowest BCUT2D eigenvalue weighted by molar-refractivity contribution is 0.0921. The molecule has 0 fully saturated rings. The SMILES string of the molecule is Cc1ccc(C)c(CN2CCc3nnc([C@@H](NC(=O)c4ccoc4)C(C)C)n3CC2)c1. The predicted molar refractivity (Wildman–Crippen MR) is 119 cm³/mol. The van der Waals surface area contributed by atoms with E-state index in [1.54, 1.807) is 6.07 Å². The van der Waals surface area contributed by atoms with Crippen LogP contribution in [-0.4, -0.2) is 38.7 Å². The lowest BCUT2D eigenvalue weighted by Crippen LogP contribution is -2.34. The minimum atomic E-state index is -0.214. The summed E-state index contributed by atoms with van der Waals surface area (Å²) in [7, 11) is 0. The van der Waals surface area contributed by atoms with Crippen molar-refractivity contribution in [1.82, 2.24) is 25.0 Å². The lowest BCUT2D eigenvalue weighted by Gasteiger charge is -2.23. The maximum absolute atomic E-state index is 12.6. The highest BCUT2D eigenvalue weighted by Gasteiger charge is 2.28. The molecule has 0 saturated carbocycles. The average molecular weight is 422 g/mol. The van der Waals surface area contributed by atoms with E-state index in [1.807, 2.05) is 0 Å². The molecule has 0 spiro atoms. The number of benzene rings is 1. The van der Waals surface area contributed by atoms with Gasteiger partial charge in [0.1, 0.15) is 12.1 Å². The third-order valence-corrected chi connectivity index (χ3v) is 6.06. The number of nitrogens with one attached hydrogen (secondary N) is 1. The zero-order valence-corrected chi connectivity index (χ0v) is 18.8. The largest absolute Gasteiger partial charge is 0.472 e. The molecule has 0 unspecified atom stereocenters. The van der Waals surface area contributed by atoms with Crippen LogP contribution >= 0.6 is 0 Å². The Labute approximate surface area is 183 Å². The highest BCUT2D eigenvalue weighted by Crippen LogP contribution is 2.24. The summed E-state index contributed by atoms with van der Waals surface area (Å²) < 4.78 is 7.25. The molecule has 1 amide bonds. The van der Waals surface area contributed by atoms with E-state index in [0.717, 1.165) is 44.2 Å². The van der Waals surface area contributed by atoms with Crippen molar-refractivity contribution in [3.63, 3.8) is 0 Å². The summed E-state index contributed by atoms with van der Waals surface area (Å²) in [5, 5.41) is 12.1. The maximum Gasteiger partial charge on any atom is 0.255 e. The van der Waals surface area contributed by atoms with Crippen LogP contribution in [0, 0.1) is 19.8 Å². The van der Waals surface area contributed by atoms with E-state index in [4.69, 9.17) is 4.42 Å². The van der Waals surface area contributed by atoms with Gasteiger partial charge in [0.05, 0.1) is 17.9 Å².